The molecule has 8 heteroatoms. The molecular formula is C20H26BrN3O3S. The van der Waals surface area contributed by atoms with Gasteiger partial charge in [-0.1, -0.05) is 13.8 Å². The Morgan fingerprint density at radius 1 is 1.25 bits per heavy atom. The van der Waals surface area contributed by atoms with Crippen molar-refractivity contribution >= 4 is 38.3 Å². The number of aromatic nitrogens is 1. The molecule has 152 valence electrons. The van der Waals surface area contributed by atoms with E-state index in [4.69, 9.17) is 9.47 Å². The third kappa shape index (κ3) is 5.04. The average Bonchev–Trinajstić information content (AvgIpc) is 3.07. The van der Waals surface area contributed by atoms with Crippen molar-refractivity contribution in [3.63, 3.8) is 0 Å². The predicted molar refractivity (Wildman–Crippen MR) is 116 cm³/mol. The second-order valence-electron chi connectivity index (χ2n) is 7.43. The number of hydrogen-bond acceptors (Lipinski definition) is 6. The number of methoxy groups -OCH3 is 2. The first-order valence-electron chi connectivity index (χ1n) is 9.29. The first-order chi connectivity index (χ1) is 13.4. The number of nitrogens with one attached hydrogen (secondary N) is 1. The molecule has 0 bridgehead atoms. The Balaban J connectivity index is 1.67. The first-order valence-corrected chi connectivity index (χ1v) is 11.0. The van der Waals surface area contributed by atoms with Crippen LogP contribution in [0.15, 0.2) is 22.0 Å². The van der Waals surface area contributed by atoms with Gasteiger partial charge in [-0.05, 0) is 46.3 Å². The molecule has 0 saturated carbocycles. The quantitative estimate of drug-likeness (QED) is 0.669. The second kappa shape index (κ2) is 9.24. The van der Waals surface area contributed by atoms with Crippen LogP contribution in [0.2, 0.25) is 0 Å². The number of carbonyl (C=O) groups excluding carboxylic acids is 1. The monoisotopic (exact) mass is 467 g/mol. The van der Waals surface area contributed by atoms with Crippen LogP contribution >= 0.6 is 27.3 Å². The molecule has 1 aliphatic heterocycles. The van der Waals surface area contributed by atoms with E-state index < -0.39 is 0 Å². The number of hydrogen-bond donors (Lipinski definition) is 1. The molecule has 3 rings (SSSR count). The van der Waals surface area contributed by atoms with Gasteiger partial charge in [0.05, 0.1) is 19.9 Å². The number of rotatable bonds is 6. The Labute approximate surface area is 178 Å². The molecule has 0 unspecified atom stereocenters. The fraction of sp³-hybridized carbons (Fsp3) is 0.500. The minimum atomic E-state index is -0.245. The van der Waals surface area contributed by atoms with Gasteiger partial charge in [0, 0.05) is 30.6 Å². The maximum atomic E-state index is 12.7. The molecule has 1 N–H and O–H groups in total. The summed E-state index contributed by atoms with van der Waals surface area (Å²) < 4.78 is 11.3. The summed E-state index contributed by atoms with van der Waals surface area (Å²) in [5.74, 6) is 2.26. The molecule has 1 aliphatic rings. The third-order valence-corrected chi connectivity index (χ3v) is 6.40. The number of thiazole rings is 1. The van der Waals surface area contributed by atoms with E-state index in [1.165, 1.54) is 17.8 Å². The van der Waals surface area contributed by atoms with Crippen LogP contribution < -0.4 is 14.8 Å². The molecule has 0 spiro atoms. The van der Waals surface area contributed by atoms with Crippen LogP contribution in [0.5, 0.6) is 11.5 Å². The fourth-order valence-corrected chi connectivity index (χ4v) is 5.01. The molecule has 1 saturated heterocycles. The van der Waals surface area contributed by atoms with Gasteiger partial charge >= 0.3 is 0 Å². The zero-order chi connectivity index (χ0) is 20.3. The standard InChI is InChI=1S/C20H26BrN3O3S/c1-12-5-13(2)9-24(8-12)10-15-11-28-20(22-15)23-19(25)14-6-16(26-3)18(21)17(7-14)27-4/h6-7,11-13H,5,8-10H2,1-4H3,(H,22,23,25)/t12-,13-/m1/s1. The smallest absolute Gasteiger partial charge is 0.257 e. The van der Waals surface area contributed by atoms with Crippen LogP contribution in [0.4, 0.5) is 5.13 Å². The summed E-state index contributed by atoms with van der Waals surface area (Å²) in [4.78, 5) is 19.7. The number of anilines is 1. The summed E-state index contributed by atoms with van der Waals surface area (Å²) in [6.07, 6.45) is 1.29. The molecule has 6 nitrogen and oxygen atoms in total. The summed E-state index contributed by atoms with van der Waals surface area (Å²) in [6, 6.07) is 3.35. The Kier molecular flexibility index (Phi) is 6.95. The minimum absolute atomic E-state index is 0.245. The van der Waals surface area contributed by atoms with Gasteiger partial charge < -0.3 is 9.47 Å². The van der Waals surface area contributed by atoms with Crippen LogP contribution in [0.25, 0.3) is 0 Å². The molecule has 0 radical (unpaired) electrons. The number of amides is 1. The van der Waals surface area contributed by atoms with E-state index in [9.17, 15) is 4.79 Å². The van der Waals surface area contributed by atoms with Crippen LogP contribution in [0.1, 0.15) is 36.3 Å². The topological polar surface area (TPSA) is 63.7 Å². The number of ether oxygens (including phenoxy) is 2. The van der Waals surface area contributed by atoms with Gasteiger partial charge in [-0.2, -0.15) is 0 Å². The Hall–Kier alpha value is -1.64. The van der Waals surface area contributed by atoms with E-state index in [2.05, 4.69) is 45.0 Å². The SMILES string of the molecule is COc1cc(C(=O)Nc2nc(CN3C[C@H](C)C[C@@H](C)C3)cs2)cc(OC)c1Br. The summed E-state index contributed by atoms with van der Waals surface area (Å²) >= 11 is 4.86. The van der Waals surface area contributed by atoms with Crippen molar-refractivity contribution in [1.82, 2.24) is 9.88 Å². The molecule has 2 heterocycles. The molecule has 28 heavy (non-hydrogen) atoms. The minimum Gasteiger partial charge on any atom is -0.495 e. The lowest BCUT2D eigenvalue weighted by Gasteiger charge is -2.34. The molecule has 1 aromatic heterocycles. The zero-order valence-electron chi connectivity index (χ0n) is 16.6. The van der Waals surface area contributed by atoms with Gasteiger partial charge in [-0.25, -0.2) is 4.98 Å². The molecule has 1 aromatic carbocycles. The average molecular weight is 468 g/mol. The van der Waals surface area contributed by atoms with Crippen molar-refractivity contribution in [2.24, 2.45) is 11.8 Å². The van der Waals surface area contributed by atoms with Crippen molar-refractivity contribution in [3.8, 4) is 11.5 Å². The fourth-order valence-electron chi connectivity index (χ4n) is 3.76. The summed E-state index contributed by atoms with van der Waals surface area (Å²) in [5, 5.41) is 5.49. The van der Waals surface area contributed by atoms with Gasteiger partial charge in [0.25, 0.3) is 5.91 Å². The van der Waals surface area contributed by atoms with Crippen LogP contribution in [-0.2, 0) is 6.54 Å². The summed E-state index contributed by atoms with van der Waals surface area (Å²) in [7, 11) is 3.10. The van der Waals surface area contributed by atoms with Gasteiger partial charge in [-0.3, -0.25) is 15.0 Å². The largest absolute Gasteiger partial charge is 0.495 e. The maximum Gasteiger partial charge on any atom is 0.257 e. The predicted octanol–water partition coefficient (Wildman–Crippen LogP) is 4.65. The van der Waals surface area contributed by atoms with E-state index in [-0.39, 0.29) is 5.91 Å². The number of nitrogens with zero attached hydrogens (tertiary/aromatic N) is 2. The van der Waals surface area contributed by atoms with Gasteiger partial charge in [0.15, 0.2) is 5.13 Å². The lowest BCUT2D eigenvalue weighted by Crippen LogP contribution is -2.38. The van der Waals surface area contributed by atoms with Crippen molar-refractivity contribution < 1.29 is 14.3 Å². The zero-order valence-corrected chi connectivity index (χ0v) is 19.0. The molecule has 1 amide bonds. The van der Waals surface area contributed by atoms with E-state index in [0.717, 1.165) is 25.3 Å². The Morgan fingerprint density at radius 2 is 1.86 bits per heavy atom. The highest BCUT2D eigenvalue weighted by Crippen LogP contribution is 2.36. The van der Waals surface area contributed by atoms with Crippen molar-refractivity contribution in [1.29, 1.82) is 0 Å². The second-order valence-corrected chi connectivity index (χ2v) is 9.08. The van der Waals surface area contributed by atoms with E-state index in [1.54, 1.807) is 26.4 Å². The Morgan fingerprint density at radius 3 is 2.43 bits per heavy atom. The van der Waals surface area contributed by atoms with Crippen LogP contribution in [0.3, 0.4) is 0 Å². The first kappa shape index (κ1) is 21.1. The van der Waals surface area contributed by atoms with Gasteiger partial charge in [-0.15, -0.1) is 11.3 Å². The number of benzene rings is 1. The highest BCUT2D eigenvalue weighted by atomic mass is 79.9. The van der Waals surface area contributed by atoms with Crippen LogP contribution in [0, 0.1) is 11.8 Å². The number of halogens is 1. The van der Waals surface area contributed by atoms with Crippen molar-refractivity contribution in [2.45, 2.75) is 26.8 Å². The van der Waals surface area contributed by atoms with Crippen LogP contribution in [-0.4, -0.2) is 43.1 Å². The molecule has 2 aromatic rings. The van der Waals surface area contributed by atoms with Crippen molar-refractivity contribution in [3.05, 3.63) is 33.2 Å². The summed E-state index contributed by atoms with van der Waals surface area (Å²) in [6.45, 7) is 7.62. The lowest BCUT2D eigenvalue weighted by atomic mass is 9.92. The Bertz CT molecular complexity index is 807. The highest BCUT2D eigenvalue weighted by Gasteiger charge is 2.22. The number of likely N-dealkylation sites (tertiary alicyclic amines) is 1. The van der Waals surface area contributed by atoms with Gasteiger partial charge in [0.2, 0.25) is 0 Å². The number of carbonyl (C=O) groups is 1. The molecule has 2 atom stereocenters. The third-order valence-electron chi connectivity index (χ3n) is 4.81. The van der Waals surface area contributed by atoms with E-state index in [1.807, 2.05) is 5.38 Å². The van der Waals surface area contributed by atoms with E-state index >= 15 is 0 Å². The van der Waals surface area contributed by atoms with Gasteiger partial charge in [0.1, 0.15) is 16.0 Å². The normalized spacial score (nSPS) is 20.0. The molecule has 0 aliphatic carbocycles. The lowest BCUT2D eigenvalue weighted by molar-refractivity contribution is 0.102. The highest BCUT2D eigenvalue weighted by molar-refractivity contribution is 9.10. The summed E-state index contributed by atoms with van der Waals surface area (Å²) in [5.41, 5.74) is 1.44. The van der Waals surface area contributed by atoms with E-state index in [0.29, 0.717) is 38.5 Å². The molecule has 1 fully saturated rings. The van der Waals surface area contributed by atoms with Crippen molar-refractivity contribution in [2.75, 3.05) is 32.6 Å². The molecular weight excluding hydrogens is 442 g/mol. The number of piperidine rings is 1. The maximum absolute atomic E-state index is 12.7.